The zero-order valence-electron chi connectivity index (χ0n) is 25.9. The fourth-order valence-electron chi connectivity index (χ4n) is 5.39. The number of nitrogens with zero attached hydrogens (tertiary/aromatic N) is 3. The Hall–Kier alpha value is -3.20. The molecule has 2 aromatic carbocycles. The fourth-order valence-corrected chi connectivity index (χ4v) is 7.11. The average Bonchev–Trinajstić information content (AvgIpc) is 3.06. The molecule has 14 heteroatoms. The first-order valence-electron chi connectivity index (χ1n) is 15.5. The minimum Gasteiger partial charge on any atom is -0.506 e. The van der Waals surface area contributed by atoms with Crippen molar-refractivity contribution in [3.63, 3.8) is 0 Å². The molecular weight excluding hydrogens is 798 g/mol. The smallest absolute Gasteiger partial charge is 0.315 e. The number of nitrogens with two attached hydrogens (primary N) is 1. The van der Waals surface area contributed by atoms with Gasteiger partial charge < -0.3 is 36.6 Å². The van der Waals surface area contributed by atoms with Gasteiger partial charge in [0.15, 0.2) is 0 Å². The van der Waals surface area contributed by atoms with E-state index in [1.165, 1.54) is 0 Å². The van der Waals surface area contributed by atoms with Gasteiger partial charge in [-0.2, -0.15) is 0 Å². The Morgan fingerprint density at radius 1 is 0.894 bits per heavy atom. The van der Waals surface area contributed by atoms with E-state index < -0.39 is 24.0 Å². The van der Waals surface area contributed by atoms with Crippen LogP contribution >= 0.6 is 47.8 Å². The molecule has 1 aromatic heterocycles. The van der Waals surface area contributed by atoms with Crippen LogP contribution in [0.15, 0.2) is 74.3 Å². The molecule has 4 rings (SSSR count). The molecule has 1 aliphatic heterocycles. The van der Waals surface area contributed by atoms with Crippen molar-refractivity contribution in [3.8, 4) is 5.75 Å². The first-order chi connectivity index (χ1) is 22.6. The molecule has 1 aliphatic rings. The second-order valence-corrected chi connectivity index (χ2v) is 13.9. The second kappa shape index (κ2) is 18.4. The zero-order valence-corrected chi connectivity index (χ0v) is 30.7. The number of piperazine rings is 1. The van der Waals surface area contributed by atoms with Crippen molar-refractivity contribution in [2.75, 3.05) is 44.2 Å². The van der Waals surface area contributed by atoms with Crippen LogP contribution in [0.2, 0.25) is 0 Å². The van der Waals surface area contributed by atoms with Crippen molar-refractivity contribution in [1.29, 1.82) is 0 Å². The number of anilines is 1. The van der Waals surface area contributed by atoms with Crippen LogP contribution in [0.1, 0.15) is 30.4 Å². The van der Waals surface area contributed by atoms with E-state index in [2.05, 4.69) is 73.6 Å². The summed E-state index contributed by atoms with van der Waals surface area (Å²) in [5.74, 6) is -0.603. The highest BCUT2D eigenvalue weighted by Crippen LogP contribution is 2.33. The van der Waals surface area contributed by atoms with Gasteiger partial charge in [-0.25, -0.2) is 4.79 Å². The lowest BCUT2D eigenvalue weighted by atomic mass is 10.0. The Kier molecular flexibility index (Phi) is 14.3. The predicted octanol–water partition coefficient (Wildman–Crippen LogP) is 4.49. The van der Waals surface area contributed by atoms with Gasteiger partial charge >= 0.3 is 6.03 Å². The van der Waals surface area contributed by atoms with Gasteiger partial charge in [0.1, 0.15) is 17.8 Å². The Labute approximate surface area is 300 Å². The molecule has 1 fully saturated rings. The summed E-state index contributed by atoms with van der Waals surface area (Å²) in [5.41, 5.74) is 8.53. The molecular formula is C33H40Br3N7O4. The van der Waals surface area contributed by atoms with Crippen LogP contribution < -0.4 is 26.6 Å². The normalized spacial score (nSPS) is 14.3. The number of phenolic OH excluding ortho intramolecular Hbond substituents is 1. The Morgan fingerprint density at radius 2 is 1.60 bits per heavy atom. The van der Waals surface area contributed by atoms with Crippen LogP contribution in [0, 0.1) is 0 Å². The lowest BCUT2D eigenvalue weighted by Crippen LogP contribution is -2.58. The first kappa shape index (κ1) is 36.6. The number of phenols is 1. The van der Waals surface area contributed by atoms with Gasteiger partial charge in [0, 0.05) is 61.7 Å². The van der Waals surface area contributed by atoms with Crippen molar-refractivity contribution < 1.29 is 19.5 Å². The Morgan fingerprint density at radius 3 is 2.26 bits per heavy atom. The summed E-state index contributed by atoms with van der Waals surface area (Å²) in [6.07, 6.45) is 6.03. The fraction of sp³-hybridized carbons (Fsp3) is 0.394. The van der Waals surface area contributed by atoms with Gasteiger partial charge in [-0.1, -0.05) is 28.1 Å². The monoisotopic (exact) mass is 835 g/mol. The summed E-state index contributed by atoms with van der Waals surface area (Å²) in [4.78, 5) is 48.8. The van der Waals surface area contributed by atoms with Crippen molar-refractivity contribution in [1.82, 2.24) is 25.8 Å². The van der Waals surface area contributed by atoms with E-state index in [0.29, 0.717) is 79.5 Å². The largest absolute Gasteiger partial charge is 0.506 e. The third-order valence-corrected chi connectivity index (χ3v) is 9.61. The first-order valence-corrected chi connectivity index (χ1v) is 17.9. The molecule has 2 heterocycles. The average molecular weight is 838 g/mol. The van der Waals surface area contributed by atoms with Crippen molar-refractivity contribution >= 4 is 71.3 Å². The third-order valence-electron chi connectivity index (χ3n) is 7.91. The zero-order chi connectivity index (χ0) is 33.8. The number of pyridine rings is 1. The van der Waals surface area contributed by atoms with E-state index in [9.17, 15) is 19.5 Å². The summed E-state index contributed by atoms with van der Waals surface area (Å²) in [6, 6.07) is 12.8. The number of unbranched alkanes of at least 4 members (excludes halogenated alkanes) is 1. The van der Waals surface area contributed by atoms with E-state index in [-0.39, 0.29) is 18.1 Å². The van der Waals surface area contributed by atoms with E-state index in [0.717, 1.165) is 15.7 Å². The van der Waals surface area contributed by atoms with Crippen LogP contribution in [0.3, 0.4) is 0 Å². The number of hydrogen-bond donors (Lipinski definition) is 5. The number of rotatable bonds is 14. The summed E-state index contributed by atoms with van der Waals surface area (Å²) >= 11 is 10.1. The lowest BCUT2D eigenvalue weighted by molar-refractivity contribution is -0.137. The number of urea groups is 1. The highest BCUT2D eigenvalue weighted by molar-refractivity contribution is 9.11. The maximum absolute atomic E-state index is 13.9. The molecule has 0 spiro atoms. The van der Waals surface area contributed by atoms with E-state index in [1.807, 2.05) is 36.4 Å². The predicted molar refractivity (Wildman–Crippen MR) is 193 cm³/mol. The quantitative estimate of drug-likeness (QED) is 0.150. The molecule has 0 aliphatic carbocycles. The minimum atomic E-state index is -1.00. The molecule has 252 valence electrons. The number of aromatic hydroxyl groups is 1. The van der Waals surface area contributed by atoms with Crippen molar-refractivity contribution in [2.24, 2.45) is 5.73 Å². The molecule has 0 unspecified atom stereocenters. The molecule has 47 heavy (non-hydrogen) atoms. The summed E-state index contributed by atoms with van der Waals surface area (Å²) in [5, 5.41) is 18.8. The summed E-state index contributed by atoms with van der Waals surface area (Å²) in [7, 11) is 0. The van der Waals surface area contributed by atoms with Gasteiger partial charge in [-0.3, -0.25) is 14.6 Å². The molecule has 0 bridgehead atoms. The molecule has 2 atom stereocenters. The molecule has 1 saturated heterocycles. The standard InChI is InChI=1S/C33H40Br3N7O4/c34-24-5-3-4-22(18-24)7-13-39-33(47)41-29(21-23-19-26(35)30(44)27(36)20-23)31(45)40-28(6-1-2-10-37)32(46)43-16-14-42(15-17-43)25-8-11-38-12-9-25/h3-5,8-9,11-12,18-20,28-29,44H,1-2,6-7,10,13-17,21,37H2,(H,40,45)(H2,39,41,47)/t28-,29+/m0/s1. The number of carbonyl (C=O) groups is 3. The van der Waals surface area contributed by atoms with Gasteiger partial charge in [0.2, 0.25) is 11.8 Å². The maximum Gasteiger partial charge on any atom is 0.315 e. The molecule has 4 amide bonds. The summed E-state index contributed by atoms with van der Waals surface area (Å²) < 4.78 is 1.84. The van der Waals surface area contributed by atoms with Crippen LogP contribution in [0.4, 0.5) is 10.5 Å². The molecule has 0 radical (unpaired) electrons. The Balaban J connectivity index is 1.45. The maximum atomic E-state index is 13.9. The van der Waals surface area contributed by atoms with Crippen LogP contribution in [0.5, 0.6) is 5.75 Å². The SMILES string of the molecule is NCCCC[C@H](NC(=O)[C@@H](Cc1cc(Br)c(O)c(Br)c1)NC(=O)NCCc1cccc(Br)c1)C(=O)N1CCN(c2ccncc2)CC1. The van der Waals surface area contributed by atoms with Crippen LogP contribution in [-0.2, 0) is 22.4 Å². The summed E-state index contributed by atoms with van der Waals surface area (Å²) in [6.45, 7) is 3.19. The van der Waals surface area contributed by atoms with E-state index >= 15 is 0 Å². The van der Waals surface area contributed by atoms with Crippen molar-refractivity contribution in [2.45, 2.75) is 44.2 Å². The number of carbonyl (C=O) groups excluding carboxylic acids is 3. The number of aromatic nitrogens is 1. The van der Waals surface area contributed by atoms with Crippen molar-refractivity contribution in [3.05, 3.63) is 85.5 Å². The van der Waals surface area contributed by atoms with Gasteiger partial charge in [-0.05, 0) is 112 Å². The molecule has 3 aromatic rings. The van der Waals surface area contributed by atoms with Gasteiger partial charge in [-0.15, -0.1) is 0 Å². The third kappa shape index (κ3) is 11.2. The Bertz CT molecular complexity index is 1480. The van der Waals surface area contributed by atoms with E-state index in [1.54, 1.807) is 29.4 Å². The number of benzene rings is 2. The number of nitrogens with one attached hydrogen (secondary N) is 3. The highest BCUT2D eigenvalue weighted by Gasteiger charge is 2.31. The molecule has 6 N–H and O–H groups in total. The molecule has 11 nitrogen and oxygen atoms in total. The van der Waals surface area contributed by atoms with Gasteiger partial charge in [0.05, 0.1) is 8.95 Å². The van der Waals surface area contributed by atoms with E-state index in [4.69, 9.17) is 5.73 Å². The minimum absolute atomic E-state index is 0.0302. The van der Waals surface area contributed by atoms with Gasteiger partial charge in [0.25, 0.3) is 0 Å². The number of hydrogen-bond acceptors (Lipinski definition) is 7. The van der Waals surface area contributed by atoms with Crippen LogP contribution in [0.25, 0.3) is 0 Å². The van der Waals surface area contributed by atoms with Crippen LogP contribution in [-0.4, -0.2) is 84.2 Å². The lowest BCUT2D eigenvalue weighted by Gasteiger charge is -2.37. The second-order valence-electron chi connectivity index (χ2n) is 11.3. The topological polar surface area (TPSA) is 153 Å². The number of amides is 4. The number of halogens is 3. The highest BCUT2D eigenvalue weighted by atomic mass is 79.9. The molecule has 0 saturated carbocycles.